The minimum Gasteiger partial charge on any atom is -0.444 e. The highest BCUT2D eigenvalue weighted by Gasteiger charge is 2.26. The molecule has 27 heavy (non-hydrogen) atoms. The van der Waals surface area contributed by atoms with Crippen LogP contribution in [0.15, 0.2) is 32.7 Å². The van der Waals surface area contributed by atoms with Gasteiger partial charge in [-0.1, -0.05) is 0 Å². The van der Waals surface area contributed by atoms with E-state index >= 15 is 0 Å². The molecule has 2 rings (SSSR count). The third-order valence-corrected chi connectivity index (χ3v) is 4.33. The van der Waals surface area contributed by atoms with Crippen LogP contribution in [0.4, 0.5) is 16.2 Å². The molecule has 0 bridgehead atoms. The van der Waals surface area contributed by atoms with Gasteiger partial charge in [0.15, 0.2) is 5.96 Å². The molecule has 0 aromatic heterocycles. The first kappa shape index (κ1) is 20.8. The Morgan fingerprint density at radius 2 is 1.78 bits per heavy atom. The predicted octanol–water partition coefficient (Wildman–Crippen LogP) is 1.73. The van der Waals surface area contributed by atoms with Gasteiger partial charge in [0.05, 0.1) is 11.4 Å². The van der Waals surface area contributed by atoms with Gasteiger partial charge in [0.2, 0.25) is 5.96 Å². The van der Waals surface area contributed by atoms with Gasteiger partial charge < -0.3 is 31.7 Å². The van der Waals surface area contributed by atoms with Crippen molar-refractivity contribution in [1.82, 2.24) is 4.90 Å². The van der Waals surface area contributed by atoms with Gasteiger partial charge in [-0.25, -0.2) is 9.79 Å². The normalized spacial score (nSPS) is 15.5. The van der Waals surface area contributed by atoms with E-state index < -0.39 is 5.60 Å². The monoisotopic (exact) mass is 439 g/mol. The number of carbonyl (C=O) groups is 1. The number of nitrogens with zero attached hydrogens (tertiary/aromatic N) is 4. The zero-order valence-electron chi connectivity index (χ0n) is 15.8. The highest BCUT2D eigenvalue weighted by Crippen LogP contribution is 2.31. The summed E-state index contributed by atoms with van der Waals surface area (Å²) in [4.78, 5) is 23.9. The quantitative estimate of drug-likeness (QED) is 0.473. The summed E-state index contributed by atoms with van der Waals surface area (Å²) in [7, 11) is 0. The number of benzene rings is 1. The molecule has 6 N–H and O–H groups in total. The van der Waals surface area contributed by atoms with Crippen molar-refractivity contribution < 1.29 is 9.53 Å². The summed E-state index contributed by atoms with van der Waals surface area (Å²) in [6, 6.07) is 5.61. The number of amides is 1. The Bertz CT molecular complexity index is 746. The van der Waals surface area contributed by atoms with Gasteiger partial charge in [-0.05, 0) is 54.9 Å². The lowest BCUT2D eigenvalue weighted by molar-refractivity contribution is 0.0240. The summed E-state index contributed by atoms with van der Waals surface area (Å²) in [5.41, 5.74) is 17.4. The molecule has 1 aromatic carbocycles. The fraction of sp³-hybridized carbons (Fsp3) is 0.471. The minimum atomic E-state index is -0.492. The number of rotatable bonds is 2. The molecule has 9 nitrogen and oxygen atoms in total. The molecule has 1 fully saturated rings. The first-order valence-electron chi connectivity index (χ1n) is 8.51. The van der Waals surface area contributed by atoms with Crippen molar-refractivity contribution in [2.45, 2.75) is 26.4 Å². The van der Waals surface area contributed by atoms with E-state index in [0.29, 0.717) is 31.9 Å². The van der Waals surface area contributed by atoms with Crippen molar-refractivity contribution in [1.29, 1.82) is 0 Å². The highest BCUT2D eigenvalue weighted by molar-refractivity contribution is 9.10. The van der Waals surface area contributed by atoms with Crippen LogP contribution in [0.1, 0.15) is 20.8 Å². The lowest BCUT2D eigenvalue weighted by atomic mass is 10.2. The minimum absolute atomic E-state index is 0.0133. The molecule has 1 saturated heterocycles. The number of nitrogens with two attached hydrogens (primary N) is 3. The van der Waals surface area contributed by atoms with Crippen molar-refractivity contribution in [3.8, 4) is 0 Å². The summed E-state index contributed by atoms with van der Waals surface area (Å²) in [6.45, 7) is 8.19. The Balaban J connectivity index is 2.02. The molecule has 148 valence electrons. The van der Waals surface area contributed by atoms with Gasteiger partial charge in [0.25, 0.3) is 0 Å². The predicted molar refractivity (Wildman–Crippen MR) is 111 cm³/mol. The molecule has 1 aromatic rings. The summed E-state index contributed by atoms with van der Waals surface area (Å²) < 4.78 is 6.29. The van der Waals surface area contributed by atoms with E-state index in [1.54, 1.807) is 4.90 Å². The van der Waals surface area contributed by atoms with Crippen LogP contribution in [0.5, 0.6) is 0 Å². The van der Waals surface area contributed by atoms with Crippen LogP contribution in [-0.2, 0) is 4.74 Å². The molecule has 1 aliphatic rings. The molecule has 1 aliphatic heterocycles. The largest absolute Gasteiger partial charge is 0.444 e. The topological polar surface area (TPSA) is 136 Å². The van der Waals surface area contributed by atoms with Gasteiger partial charge in [-0.15, -0.1) is 0 Å². The average molecular weight is 440 g/mol. The molecule has 0 saturated carbocycles. The van der Waals surface area contributed by atoms with Crippen molar-refractivity contribution in [3.05, 3.63) is 22.7 Å². The number of piperazine rings is 1. The maximum atomic E-state index is 12.2. The maximum absolute atomic E-state index is 12.2. The van der Waals surface area contributed by atoms with E-state index in [0.717, 1.165) is 10.2 Å². The summed E-state index contributed by atoms with van der Waals surface area (Å²) in [6.07, 6.45) is -0.277. The number of halogens is 1. The zero-order valence-corrected chi connectivity index (χ0v) is 17.4. The molecule has 0 aliphatic carbocycles. The lowest BCUT2D eigenvalue weighted by Gasteiger charge is -2.37. The third-order valence-electron chi connectivity index (χ3n) is 3.69. The number of hydrogen-bond donors (Lipinski definition) is 3. The van der Waals surface area contributed by atoms with E-state index in [-0.39, 0.29) is 18.0 Å². The van der Waals surface area contributed by atoms with Gasteiger partial charge in [-0.3, -0.25) is 0 Å². The fourth-order valence-corrected chi connectivity index (χ4v) is 3.19. The zero-order chi connectivity index (χ0) is 20.2. The number of guanidine groups is 2. The molecule has 1 amide bonds. The van der Waals surface area contributed by atoms with Crippen LogP contribution >= 0.6 is 15.9 Å². The summed E-state index contributed by atoms with van der Waals surface area (Å²) >= 11 is 3.57. The van der Waals surface area contributed by atoms with Crippen LogP contribution < -0.4 is 22.1 Å². The second-order valence-electron chi connectivity index (χ2n) is 7.10. The molecule has 10 heteroatoms. The number of aliphatic imine (C=N–C) groups is 2. The highest BCUT2D eigenvalue weighted by atomic mass is 79.9. The van der Waals surface area contributed by atoms with Crippen LogP contribution in [-0.4, -0.2) is 54.7 Å². The number of hydrogen-bond acceptors (Lipinski definition) is 4. The summed E-state index contributed by atoms with van der Waals surface area (Å²) in [5, 5.41) is 0. The van der Waals surface area contributed by atoms with Crippen molar-refractivity contribution in [2.75, 3.05) is 31.1 Å². The van der Waals surface area contributed by atoms with Gasteiger partial charge >= 0.3 is 6.09 Å². The molecule has 0 unspecified atom stereocenters. The number of carbonyl (C=O) groups excluding carboxylic acids is 1. The first-order valence-corrected chi connectivity index (χ1v) is 9.30. The Labute approximate surface area is 167 Å². The van der Waals surface area contributed by atoms with E-state index in [9.17, 15) is 4.79 Å². The number of ether oxygens (including phenoxy) is 1. The van der Waals surface area contributed by atoms with Crippen molar-refractivity contribution in [3.63, 3.8) is 0 Å². The Morgan fingerprint density at radius 1 is 1.15 bits per heavy atom. The maximum Gasteiger partial charge on any atom is 0.410 e. The van der Waals surface area contributed by atoms with Crippen LogP contribution in [0.25, 0.3) is 0 Å². The smallest absolute Gasteiger partial charge is 0.410 e. The van der Waals surface area contributed by atoms with E-state index in [1.165, 1.54) is 0 Å². The van der Waals surface area contributed by atoms with Gasteiger partial charge in [0.1, 0.15) is 5.60 Å². The molecular formula is C17H26BrN7O2. The van der Waals surface area contributed by atoms with Gasteiger partial charge in [-0.2, -0.15) is 4.99 Å². The van der Waals surface area contributed by atoms with E-state index in [1.807, 2.05) is 39.0 Å². The van der Waals surface area contributed by atoms with Crippen molar-refractivity contribution in [2.24, 2.45) is 27.2 Å². The Hall–Kier alpha value is -2.49. The van der Waals surface area contributed by atoms with Crippen LogP contribution in [0.2, 0.25) is 0 Å². The van der Waals surface area contributed by atoms with E-state index in [2.05, 4.69) is 30.8 Å². The van der Waals surface area contributed by atoms with Crippen molar-refractivity contribution >= 4 is 45.3 Å². The van der Waals surface area contributed by atoms with Crippen LogP contribution in [0, 0.1) is 0 Å². The standard InChI is InChI=1S/C17H26BrN7O2/c1-17(2,3)27-16(26)25-8-6-24(7-9-25)13-5-4-11(10-12(13)18)22-15(21)23-14(19)20/h4-5,10H,6-9H2,1-3H3,(H6,19,20,21,22,23). The second kappa shape index (κ2) is 8.47. The third kappa shape index (κ3) is 6.31. The summed E-state index contributed by atoms with van der Waals surface area (Å²) in [5.74, 6) is -0.157. The molecular weight excluding hydrogens is 414 g/mol. The lowest BCUT2D eigenvalue weighted by Crippen LogP contribution is -2.50. The Kier molecular flexibility index (Phi) is 6.53. The number of anilines is 1. The molecule has 1 heterocycles. The second-order valence-corrected chi connectivity index (χ2v) is 7.95. The fourth-order valence-electron chi connectivity index (χ4n) is 2.57. The van der Waals surface area contributed by atoms with E-state index in [4.69, 9.17) is 21.9 Å². The molecule has 0 spiro atoms. The van der Waals surface area contributed by atoms with Crippen LogP contribution in [0.3, 0.4) is 0 Å². The SMILES string of the molecule is CC(C)(C)OC(=O)N1CCN(c2ccc(N=C(N)N=C(N)N)cc2Br)CC1. The first-order chi connectivity index (χ1) is 12.5. The average Bonchev–Trinajstić information content (AvgIpc) is 2.52. The molecule has 0 radical (unpaired) electrons. The van der Waals surface area contributed by atoms with Gasteiger partial charge in [0, 0.05) is 30.7 Å². The molecule has 0 atom stereocenters. The Morgan fingerprint density at radius 3 is 2.30 bits per heavy atom.